The molecule has 0 radical (unpaired) electrons. The molecule has 0 fully saturated rings. The quantitative estimate of drug-likeness (QED) is 0.218. The Kier molecular flexibility index (Phi) is 8.74. The van der Waals surface area contributed by atoms with Crippen LogP contribution in [0.15, 0.2) is 28.0 Å². The molecule has 166 valence electrons. The van der Waals surface area contributed by atoms with E-state index in [9.17, 15) is 32.9 Å². The Balaban J connectivity index is 2.62. The van der Waals surface area contributed by atoms with Gasteiger partial charge in [-0.2, -0.15) is 4.72 Å². The van der Waals surface area contributed by atoms with Crippen LogP contribution < -0.4 is 15.4 Å². The van der Waals surface area contributed by atoms with Gasteiger partial charge >= 0.3 is 12.0 Å². The first-order valence-electron chi connectivity index (χ1n) is 8.35. The van der Waals surface area contributed by atoms with Crippen LogP contribution in [0, 0.1) is 10.1 Å². The van der Waals surface area contributed by atoms with Gasteiger partial charge in [-0.25, -0.2) is 13.2 Å². The highest BCUT2D eigenvalue weighted by atomic mass is 32.2. The van der Waals surface area contributed by atoms with Crippen molar-refractivity contribution >= 4 is 45.4 Å². The van der Waals surface area contributed by atoms with Gasteiger partial charge < -0.3 is 10.1 Å². The second kappa shape index (κ2) is 10.4. The molecule has 3 N–H and O–H groups in total. The van der Waals surface area contributed by atoms with E-state index in [0.717, 1.165) is 23.9 Å². The van der Waals surface area contributed by atoms with E-state index < -0.39 is 62.1 Å². The highest BCUT2D eigenvalue weighted by Crippen LogP contribution is 2.29. The summed E-state index contributed by atoms with van der Waals surface area (Å²) in [6, 6.07) is 2.54. The third-order valence-corrected chi connectivity index (χ3v) is 5.35. The number of nitro benzene ring substituents is 1. The maximum Gasteiger partial charge on any atom is 0.321 e. The lowest BCUT2D eigenvalue weighted by molar-refractivity contribution is -0.388. The molecule has 0 aromatic heterocycles. The number of ether oxygens (including phenoxy) is 1. The van der Waals surface area contributed by atoms with Gasteiger partial charge in [-0.05, 0) is 39.2 Å². The Morgan fingerprint density at radius 3 is 2.40 bits per heavy atom. The van der Waals surface area contributed by atoms with Crippen molar-refractivity contribution in [2.75, 3.05) is 19.4 Å². The zero-order chi connectivity index (χ0) is 23.1. The van der Waals surface area contributed by atoms with Gasteiger partial charge in [0.1, 0.15) is 6.54 Å². The van der Waals surface area contributed by atoms with E-state index >= 15 is 0 Å². The third kappa shape index (κ3) is 8.34. The van der Waals surface area contributed by atoms with Gasteiger partial charge in [-0.1, -0.05) is 0 Å². The number of rotatable bonds is 8. The van der Waals surface area contributed by atoms with Crippen LogP contribution >= 0.6 is 11.8 Å². The van der Waals surface area contributed by atoms with Crippen LogP contribution in [0.5, 0.6) is 0 Å². The minimum absolute atomic E-state index is 0.278. The van der Waals surface area contributed by atoms with Crippen molar-refractivity contribution in [2.24, 2.45) is 0 Å². The molecule has 0 unspecified atom stereocenters. The molecule has 0 aliphatic heterocycles. The van der Waals surface area contributed by atoms with Crippen LogP contribution in [0.3, 0.4) is 0 Å². The summed E-state index contributed by atoms with van der Waals surface area (Å²) >= 11 is 1.08. The molecule has 1 rings (SSSR count). The van der Waals surface area contributed by atoms with E-state index in [0.29, 0.717) is 0 Å². The number of benzene rings is 1. The summed E-state index contributed by atoms with van der Waals surface area (Å²) in [5.41, 5.74) is -0.972. The van der Waals surface area contributed by atoms with Gasteiger partial charge in [0, 0.05) is 11.6 Å². The number of nitro groups is 1. The van der Waals surface area contributed by atoms with Gasteiger partial charge in [-0.15, -0.1) is 11.8 Å². The van der Waals surface area contributed by atoms with Crippen LogP contribution in [0.4, 0.5) is 10.5 Å². The van der Waals surface area contributed by atoms with Crippen molar-refractivity contribution in [3.8, 4) is 0 Å². The summed E-state index contributed by atoms with van der Waals surface area (Å²) in [7, 11) is -4.24. The fourth-order valence-electron chi connectivity index (χ4n) is 1.95. The fourth-order valence-corrected chi connectivity index (χ4v) is 3.48. The Bertz CT molecular complexity index is 941. The van der Waals surface area contributed by atoms with E-state index in [-0.39, 0.29) is 4.90 Å². The molecule has 0 atom stereocenters. The number of hydrogen-bond acceptors (Lipinski definition) is 9. The molecule has 0 aliphatic carbocycles. The zero-order valence-corrected chi connectivity index (χ0v) is 18.3. The van der Waals surface area contributed by atoms with E-state index in [1.807, 2.05) is 10.0 Å². The average molecular weight is 463 g/mol. The summed E-state index contributed by atoms with van der Waals surface area (Å²) in [4.78, 5) is 45.0. The minimum atomic E-state index is -4.24. The van der Waals surface area contributed by atoms with Gasteiger partial charge in [-0.3, -0.25) is 25.0 Å². The molecule has 1 aromatic rings. The molecular weight excluding hydrogens is 440 g/mol. The molecule has 1 aromatic carbocycles. The summed E-state index contributed by atoms with van der Waals surface area (Å²) in [6.45, 7) is 3.49. The molecule has 12 nitrogen and oxygen atoms in total. The maximum atomic E-state index is 12.2. The Hall–Kier alpha value is -2.71. The smallest absolute Gasteiger partial charge is 0.321 e. The van der Waals surface area contributed by atoms with E-state index in [4.69, 9.17) is 0 Å². The van der Waals surface area contributed by atoms with Gasteiger partial charge in [0.15, 0.2) is 6.61 Å². The zero-order valence-electron chi connectivity index (χ0n) is 16.7. The largest absolute Gasteiger partial charge is 0.455 e. The Labute approximate surface area is 177 Å². The summed E-state index contributed by atoms with van der Waals surface area (Å²) in [5.74, 6) is -1.99. The number of esters is 1. The number of nitrogens with zero attached hydrogens (tertiary/aromatic N) is 1. The lowest BCUT2D eigenvalue weighted by Gasteiger charge is -2.20. The molecule has 0 heterocycles. The number of sulfonamides is 1. The normalized spacial score (nSPS) is 11.5. The first-order valence-corrected chi connectivity index (χ1v) is 11.1. The predicted octanol–water partition coefficient (Wildman–Crippen LogP) is 0.762. The third-order valence-electron chi connectivity index (χ3n) is 3.17. The van der Waals surface area contributed by atoms with Gasteiger partial charge in [0.05, 0.1) is 14.7 Å². The molecule has 3 amide bonds. The number of urea groups is 1. The molecule has 30 heavy (non-hydrogen) atoms. The van der Waals surface area contributed by atoms with E-state index in [2.05, 4.69) is 10.1 Å². The summed E-state index contributed by atoms with van der Waals surface area (Å²) in [5, 5.41) is 15.5. The number of thioether (sulfide) groups is 1. The lowest BCUT2D eigenvalue weighted by Crippen LogP contribution is -2.49. The van der Waals surface area contributed by atoms with Crippen molar-refractivity contribution in [2.45, 2.75) is 36.1 Å². The highest BCUT2D eigenvalue weighted by molar-refractivity contribution is 7.98. The molecule has 0 saturated carbocycles. The number of imide groups is 1. The second-order valence-corrected chi connectivity index (χ2v) is 9.44. The molecule has 0 bridgehead atoms. The molecule has 0 saturated heterocycles. The topological polar surface area (TPSA) is 174 Å². The van der Waals surface area contributed by atoms with Crippen LogP contribution in [0.2, 0.25) is 0 Å². The molecule has 0 spiro atoms. The van der Waals surface area contributed by atoms with Gasteiger partial charge in [0.25, 0.3) is 11.6 Å². The average Bonchev–Trinajstić information content (AvgIpc) is 2.62. The Morgan fingerprint density at radius 2 is 1.87 bits per heavy atom. The molecule has 14 heteroatoms. The van der Waals surface area contributed by atoms with E-state index in [1.165, 1.54) is 6.07 Å². The lowest BCUT2D eigenvalue weighted by atomic mass is 10.1. The number of nitrogens with one attached hydrogen (secondary N) is 3. The van der Waals surface area contributed by atoms with Crippen molar-refractivity contribution in [1.82, 2.24) is 15.4 Å². The first kappa shape index (κ1) is 25.3. The molecular formula is C16H22N4O8S2. The molecule has 0 aliphatic rings. The monoisotopic (exact) mass is 462 g/mol. The number of carbonyl (C=O) groups excluding carboxylic acids is 3. The maximum absolute atomic E-state index is 12.2. The second-order valence-electron chi connectivity index (χ2n) is 6.83. The van der Waals surface area contributed by atoms with Crippen molar-refractivity contribution < 1.29 is 32.5 Å². The van der Waals surface area contributed by atoms with Crippen LogP contribution in [-0.2, 0) is 24.3 Å². The number of hydrogen-bond donors (Lipinski definition) is 3. The van der Waals surface area contributed by atoms with Crippen molar-refractivity contribution in [1.29, 1.82) is 0 Å². The summed E-state index contributed by atoms with van der Waals surface area (Å²) < 4.78 is 31.0. The van der Waals surface area contributed by atoms with Crippen LogP contribution in [-0.4, -0.2) is 56.2 Å². The highest BCUT2D eigenvalue weighted by Gasteiger charge is 2.22. The van der Waals surface area contributed by atoms with Crippen LogP contribution in [0.1, 0.15) is 20.8 Å². The fraction of sp³-hybridized carbons (Fsp3) is 0.438. The predicted molar refractivity (Wildman–Crippen MR) is 107 cm³/mol. The van der Waals surface area contributed by atoms with Crippen molar-refractivity contribution in [3.63, 3.8) is 0 Å². The Morgan fingerprint density at radius 1 is 1.23 bits per heavy atom. The first-order chi connectivity index (χ1) is 13.7. The number of amides is 3. The summed E-state index contributed by atoms with van der Waals surface area (Å²) in [6.07, 6.45) is 1.60. The van der Waals surface area contributed by atoms with Crippen molar-refractivity contribution in [3.05, 3.63) is 28.3 Å². The van der Waals surface area contributed by atoms with Crippen LogP contribution in [0.25, 0.3) is 0 Å². The van der Waals surface area contributed by atoms with Gasteiger partial charge in [0.2, 0.25) is 10.0 Å². The van der Waals surface area contributed by atoms with E-state index in [1.54, 1.807) is 27.0 Å². The number of carbonyl (C=O) groups is 3. The minimum Gasteiger partial charge on any atom is -0.455 e. The standard InChI is InChI=1S/C16H22N4O8S2/c1-16(2,3)19-15(23)18-13(21)9-28-14(22)8-17-30(26,27)10-5-6-12(29-4)11(7-10)20(24)25/h5-7,17H,8-9H2,1-4H3,(H2,18,19,21,23). The SMILES string of the molecule is CSc1ccc(S(=O)(=O)NCC(=O)OCC(=O)NC(=O)NC(C)(C)C)cc1[N+](=O)[O-].